The molecule has 38 heavy (non-hydrogen) atoms. The summed E-state index contributed by atoms with van der Waals surface area (Å²) in [5.41, 5.74) is 1.57. The molecule has 1 amide bonds. The molecule has 4 aromatic carbocycles. The fourth-order valence-corrected chi connectivity index (χ4v) is 4.64. The molecule has 0 saturated carbocycles. The highest BCUT2D eigenvalue weighted by Gasteiger charge is 2.40. The first-order valence-electron chi connectivity index (χ1n) is 12.1. The van der Waals surface area contributed by atoms with Crippen molar-refractivity contribution in [3.05, 3.63) is 137 Å². The summed E-state index contributed by atoms with van der Waals surface area (Å²) in [4.78, 5) is 26.6. The van der Waals surface area contributed by atoms with Crippen LogP contribution in [0.15, 0.2) is 109 Å². The normalized spacial score (nSPS) is 12.0. The van der Waals surface area contributed by atoms with Crippen LogP contribution in [0.1, 0.15) is 27.0 Å². The van der Waals surface area contributed by atoms with Crippen molar-refractivity contribution in [2.75, 3.05) is 25.7 Å². The van der Waals surface area contributed by atoms with Gasteiger partial charge in [0.1, 0.15) is 11.9 Å². The van der Waals surface area contributed by atoms with Gasteiger partial charge in [-0.1, -0.05) is 91.0 Å². The summed E-state index contributed by atoms with van der Waals surface area (Å²) in [5, 5.41) is 13.9. The number of methoxy groups -OCH3 is 1. The zero-order valence-corrected chi connectivity index (χ0v) is 21.2. The number of halogens is 1. The molecule has 0 bridgehead atoms. The van der Waals surface area contributed by atoms with Gasteiger partial charge in [-0.2, -0.15) is 0 Å². The van der Waals surface area contributed by atoms with Crippen LogP contribution in [0.5, 0.6) is 0 Å². The number of nitrogens with zero attached hydrogens (tertiary/aromatic N) is 1. The number of hydrogen-bond donors (Lipinski definition) is 2. The molecule has 0 radical (unpaired) electrons. The highest BCUT2D eigenvalue weighted by molar-refractivity contribution is 5.98. The number of nitrogens with one attached hydrogen (secondary N) is 1. The van der Waals surface area contributed by atoms with Crippen LogP contribution < -0.4 is 10.2 Å². The number of carbonyl (C=O) groups is 2. The molecule has 0 aliphatic rings. The summed E-state index contributed by atoms with van der Waals surface area (Å²) in [6, 6.07) is 31.6. The Hall–Kier alpha value is -4.33. The van der Waals surface area contributed by atoms with E-state index in [2.05, 4.69) is 10.1 Å². The zero-order valence-electron chi connectivity index (χ0n) is 21.2. The van der Waals surface area contributed by atoms with E-state index in [-0.39, 0.29) is 11.3 Å². The van der Waals surface area contributed by atoms with Crippen molar-refractivity contribution >= 4 is 17.6 Å². The van der Waals surface area contributed by atoms with Crippen LogP contribution in [0.4, 0.5) is 10.1 Å². The molecule has 0 heterocycles. The lowest BCUT2D eigenvalue weighted by Crippen LogP contribution is -2.57. The first-order valence-corrected chi connectivity index (χ1v) is 12.1. The molecule has 0 aromatic heterocycles. The Kier molecular flexibility index (Phi) is 8.31. The molecule has 0 aliphatic carbocycles. The van der Waals surface area contributed by atoms with Crippen molar-refractivity contribution < 1.29 is 23.8 Å². The van der Waals surface area contributed by atoms with Gasteiger partial charge >= 0.3 is 5.97 Å². The zero-order chi connectivity index (χ0) is 27.1. The van der Waals surface area contributed by atoms with Crippen LogP contribution >= 0.6 is 0 Å². The largest absolute Gasteiger partial charge is 0.465 e. The van der Waals surface area contributed by atoms with Gasteiger partial charge in [0.15, 0.2) is 0 Å². The Balaban J connectivity index is 1.79. The summed E-state index contributed by atoms with van der Waals surface area (Å²) in [6.45, 7) is -0.542. The number of likely N-dealkylation sites (N-methyl/N-ethyl adjacent to an activating group) is 1. The molecule has 6 nitrogen and oxygen atoms in total. The molecule has 2 N–H and O–H groups in total. The molecule has 0 fully saturated rings. The van der Waals surface area contributed by atoms with Crippen LogP contribution in [0.3, 0.4) is 0 Å². The summed E-state index contributed by atoms with van der Waals surface area (Å²) in [6.07, 6.45) is 0. The number of aliphatic hydroxyl groups excluding tert-OH is 1. The van der Waals surface area contributed by atoms with Crippen molar-refractivity contribution in [2.24, 2.45) is 0 Å². The van der Waals surface area contributed by atoms with Gasteiger partial charge in [-0.25, -0.2) is 9.18 Å². The number of anilines is 1. The van der Waals surface area contributed by atoms with E-state index in [9.17, 15) is 19.1 Å². The van der Waals surface area contributed by atoms with Gasteiger partial charge < -0.3 is 14.7 Å². The second-order valence-electron chi connectivity index (χ2n) is 8.78. The molecule has 0 spiro atoms. The molecule has 0 saturated heterocycles. The number of amides is 1. The number of ether oxygens (including phenoxy) is 1. The van der Waals surface area contributed by atoms with E-state index in [0.717, 1.165) is 27.7 Å². The Morgan fingerprint density at radius 1 is 0.868 bits per heavy atom. The predicted molar refractivity (Wildman–Crippen MR) is 144 cm³/mol. The topological polar surface area (TPSA) is 78.9 Å². The Bertz CT molecular complexity index is 1280. The minimum Gasteiger partial charge on any atom is -0.465 e. The highest BCUT2D eigenvalue weighted by Crippen LogP contribution is 2.37. The predicted octanol–water partition coefficient (Wildman–Crippen LogP) is 4.52. The quantitative estimate of drug-likeness (QED) is 0.255. The fraction of sp³-hybridized carbons (Fsp3) is 0.161. The molecule has 7 heteroatoms. The Morgan fingerprint density at radius 3 is 1.74 bits per heavy atom. The monoisotopic (exact) mass is 512 g/mol. The third-order valence-corrected chi connectivity index (χ3v) is 6.55. The summed E-state index contributed by atoms with van der Waals surface area (Å²) in [7, 11) is 2.64. The van der Waals surface area contributed by atoms with Crippen LogP contribution in [-0.2, 0) is 15.1 Å². The van der Waals surface area contributed by atoms with E-state index in [1.807, 2.05) is 91.0 Å². The van der Waals surface area contributed by atoms with Crippen molar-refractivity contribution in [2.45, 2.75) is 11.6 Å². The van der Waals surface area contributed by atoms with Crippen LogP contribution in [0, 0.1) is 5.82 Å². The second kappa shape index (κ2) is 11.8. The van der Waals surface area contributed by atoms with Gasteiger partial charge in [0.05, 0.1) is 30.5 Å². The fourth-order valence-electron chi connectivity index (χ4n) is 4.64. The lowest BCUT2D eigenvalue weighted by atomic mass is 9.76. The average Bonchev–Trinajstić information content (AvgIpc) is 2.98. The first kappa shape index (κ1) is 26.7. The van der Waals surface area contributed by atoms with E-state index in [1.165, 1.54) is 26.3 Å². The molecular formula is C31H29FN2O4. The number of aliphatic hydroxyl groups is 1. The van der Waals surface area contributed by atoms with Crippen LogP contribution in [0.25, 0.3) is 0 Å². The lowest BCUT2D eigenvalue weighted by molar-refractivity contribution is -0.121. The number of hydrogen-bond acceptors (Lipinski definition) is 5. The molecule has 4 aromatic rings. The molecular weight excluding hydrogens is 483 g/mol. The van der Waals surface area contributed by atoms with Crippen molar-refractivity contribution in [1.29, 1.82) is 0 Å². The third-order valence-electron chi connectivity index (χ3n) is 6.55. The van der Waals surface area contributed by atoms with Gasteiger partial charge in [-0.05, 0) is 34.9 Å². The second-order valence-corrected chi connectivity index (χ2v) is 8.78. The maximum Gasteiger partial charge on any atom is 0.337 e. The maximum atomic E-state index is 15.0. The minimum atomic E-state index is -1.11. The molecule has 1 atom stereocenters. The van der Waals surface area contributed by atoms with Crippen molar-refractivity contribution in [3.63, 3.8) is 0 Å². The van der Waals surface area contributed by atoms with Crippen molar-refractivity contribution in [1.82, 2.24) is 5.32 Å². The van der Waals surface area contributed by atoms with Crippen molar-refractivity contribution in [3.8, 4) is 0 Å². The average molecular weight is 513 g/mol. The number of esters is 1. The van der Waals surface area contributed by atoms with E-state index in [0.29, 0.717) is 0 Å². The molecule has 4 rings (SSSR count). The Morgan fingerprint density at radius 2 is 1.34 bits per heavy atom. The van der Waals surface area contributed by atoms with E-state index >= 15 is 0 Å². The minimum absolute atomic E-state index is 0.0303. The smallest absolute Gasteiger partial charge is 0.337 e. The first-order chi connectivity index (χ1) is 18.4. The van der Waals surface area contributed by atoms with Gasteiger partial charge in [0.2, 0.25) is 5.91 Å². The van der Waals surface area contributed by atoms with Crippen LogP contribution in [0.2, 0.25) is 0 Å². The molecule has 0 unspecified atom stereocenters. The van der Waals surface area contributed by atoms with Gasteiger partial charge in [-0.3, -0.25) is 10.1 Å². The lowest BCUT2D eigenvalue weighted by Gasteiger charge is -2.40. The number of benzene rings is 4. The molecule has 0 aliphatic heterocycles. The van der Waals surface area contributed by atoms with Crippen LogP contribution in [-0.4, -0.2) is 43.8 Å². The van der Waals surface area contributed by atoms with E-state index < -0.39 is 35.9 Å². The van der Waals surface area contributed by atoms with Gasteiger partial charge in [0.25, 0.3) is 0 Å². The summed E-state index contributed by atoms with van der Waals surface area (Å²) >= 11 is 0. The van der Waals surface area contributed by atoms with E-state index in [1.54, 1.807) is 0 Å². The van der Waals surface area contributed by atoms with E-state index in [4.69, 9.17) is 0 Å². The Labute approximate surface area is 221 Å². The van der Waals surface area contributed by atoms with Gasteiger partial charge in [-0.15, -0.1) is 0 Å². The third kappa shape index (κ3) is 5.20. The standard InChI is InChI=1S/C31H29FN2O4/c1-34(28-19-18-22(20-26(28)32)30(37)38-2)29(36)27(21-35)33-31(23-12-6-3-7-13-23,24-14-8-4-9-15-24)25-16-10-5-11-17-25/h3-20,27,33,35H,21H2,1-2H3/t27-/m0/s1. The number of carbonyl (C=O) groups excluding carboxylic acids is 2. The summed E-state index contributed by atoms with van der Waals surface area (Å²) in [5.74, 6) is -2.00. The molecule has 194 valence electrons. The number of rotatable bonds is 9. The SMILES string of the molecule is COC(=O)c1ccc(N(C)C(=O)[C@H](CO)NC(c2ccccc2)(c2ccccc2)c2ccccc2)c(F)c1. The maximum absolute atomic E-state index is 15.0. The van der Waals surface area contributed by atoms with Gasteiger partial charge in [0, 0.05) is 7.05 Å². The highest BCUT2D eigenvalue weighted by atomic mass is 19.1. The summed E-state index contributed by atoms with van der Waals surface area (Å²) < 4.78 is 19.6.